The van der Waals surface area contributed by atoms with Crippen LogP contribution in [0.4, 0.5) is 5.82 Å². The van der Waals surface area contributed by atoms with Crippen LogP contribution in [0, 0.1) is 0 Å². The summed E-state index contributed by atoms with van der Waals surface area (Å²) in [6.45, 7) is -0.475. The van der Waals surface area contributed by atoms with E-state index in [1.807, 2.05) is 0 Å². The Hall–Kier alpha value is -2.25. The molecule has 3 aromatic rings. The van der Waals surface area contributed by atoms with E-state index < -0.39 is 36.8 Å². The van der Waals surface area contributed by atoms with Crippen molar-refractivity contribution in [1.82, 2.24) is 24.5 Å². The second kappa shape index (κ2) is 6.17. The Morgan fingerprint density at radius 1 is 1.35 bits per heavy atom. The van der Waals surface area contributed by atoms with Crippen molar-refractivity contribution in [1.29, 1.82) is 0 Å². The quantitative estimate of drug-likeness (QED) is 0.268. The fourth-order valence-electron chi connectivity index (χ4n) is 3.25. The number of nitrogen functional groups attached to an aromatic ring is 1. The van der Waals surface area contributed by atoms with E-state index in [1.54, 1.807) is 6.26 Å². The Kier molecular flexibility index (Phi) is 4.08. The molecule has 1 aliphatic rings. The van der Waals surface area contributed by atoms with Crippen LogP contribution in [0.2, 0.25) is 0 Å². The van der Waals surface area contributed by atoms with E-state index in [9.17, 15) is 20.1 Å². The van der Waals surface area contributed by atoms with Gasteiger partial charge in [0.15, 0.2) is 6.23 Å². The molecule has 6 N–H and O–H groups in total. The van der Waals surface area contributed by atoms with Crippen LogP contribution in [0.3, 0.4) is 0 Å². The summed E-state index contributed by atoms with van der Waals surface area (Å²) in [5, 5.41) is 31.2. The Balaban J connectivity index is 2.10. The van der Waals surface area contributed by atoms with Crippen LogP contribution in [0.1, 0.15) is 6.23 Å². The van der Waals surface area contributed by atoms with E-state index in [2.05, 4.69) is 19.9 Å². The van der Waals surface area contributed by atoms with Crippen molar-refractivity contribution in [2.45, 2.75) is 29.6 Å². The molecule has 0 amide bonds. The van der Waals surface area contributed by atoms with Crippen molar-refractivity contribution in [2.75, 3.05) is 18.6 Å². The van der Waals surface area contributed by atoms with Crippen LogP contribution in [0.15, 0.2) is 16.1 Å². The highest BCUT2D eigenvalue weighted by molar-refractivity contribution is 7.98. The fraction of sp³-hybridized carbons (Fsp3) is 0.429. The van der Waals surface area contributed by atoms with Crippen LogP contribution in [-0.4, -0.2) is 71.0 Å². The second-order valence-electron chi connectivity index (χ2n) is 5.83. The first-order chi connectivity index (χ1) is 12.5. The highest BCUT2D eigenvalue weighted by atomic mass is 32.2. The number of rotatable bonds is 3. The summed E-state index contributed by atoms with van der Waals surface area (Å²) < 4.78 is 7.05. The number of nitrogens with zero attached hydrogens (tertiary/aromatic N) is 4. The Morgan fingerprint density at radius 3 is 2.77 bits per heavy atom. The van der Waals surface area contributed by atoms with Gasteiger partial charge in [0.1, 0.15) is 46.8 Å². The summed E-state index contributed by atoms with van der Waals surface area (Å²) in [6, 6.07) is 0. The number of thioether (sulfide) groups is 1. The molecule has 4 atom stereocenters. The van der Waals surface area contributed by atoms with Gasteiger partial charge in [0.25, 0.3) is 0 Å². The lowest BCUT2D eigenvalue weighted by atomic mass is 10.1. The minimum atomic E-state index is -1.35. The molecule has 11 nitrogen and oxygen atoms in total. The topological polar surface area (TPSA) is 172 Å². The van der Waals surface area contributed by atoms with E-state index in [4.69, 9.17) is 10.5 Å². The van der Waals surface area contributed by atoms with Gasteiger partial charge in [-0.3, -0.25) is 9.55 Å². The molecule has 4 heterocycles. The Bertz CT molecular complexity index is 1050. The molecule has 0 spiro atoms. The summed E-state index contributed by atoms with van der Waals surface area (Å²) in [5.74, 6) is 0.176. The summed E-state index contributed by atoms with van der Waals surface area (Å²) in [4.78, 5) is 26.8. The molecular weight excluding hydrogens is 364 g/mol. The zero-order valence-electron chi connectivity index (χ0n) is 13.5. The molecule has 4 unspecified atom stereocenters. The van der Waals surface area contributed by atoms with Crippen molar-refractivity contribution >= 4 is 39.6 Å². The number of fused-ring (bicyclic) bond motifs is 3. The number of hydrogen-bond acceptors (Lipinski definition) is 10. The first-order valence-corrected chi connectivity index (χ1v) is 8.91. The van der Waals surface area contributed by atoms with E-state index in [-0.39, 0.29) is 11.5 Å². The van der Waals surface area contributed by atoms with Gasteiger partial charge >= 0.3 is 5.69 Å². The minimum absolute atomic E-state index is 0.176. The lowest BCUT2D eigenvalue weighted by Gasteiger charge is -2.18. The summed E-state index contributed by atoms with van der Waals surface area (Å²) in [5.41, 5.74) is 6.02. The number of nitrogens with two attached hydrogens (primary N) is 1. The van der Waals surface area contributed by atoms with Crippen LogP contribution in [0.25, 0.3) is 22.1 Å². The maximum absolute atomic E-state index is 12.0. The molecule has 1 fully saturated rings. The lowest BCUT2D eigenvalue weighted by Crippen LogP contribution is -2.33. The van der Waals surface area contributed by atoms with Gasteiger partial charge in [-0.05, 0) is 6.26 Å². The number of aromatic amines is 1. The van der Waals surface area contributed by atoms with Gasteiger partial charge < -0.3 is 25.8 Å². The Morgan fingerprint density at radius 2 is 2.12 bits per heavy atom. The number of nitrogens with one attached hydrogen (secondary N) is 1. The molecular formula is C14H16N6O5S. The van der Waals surface area contributed by atoms with Gasteiger partial charge in [-0.15, -0.1) is 11.8 Å². The third-order valence-electron chi connectivity index (χ3n) is 4.42. The van der Waals surface area contributed by atoms with Crippen molar-refractivity contribution in [3.63, 3.8) is 0 Å². The summed E-state index contributed by atoms with van der Waals surface area (Å²) >= 11 is 1.25. The largest absolute Gasteiger partial charge is 0.394 e. The van der Waals surface area contributed by atoms with Crippen LogP contribution >= 0.6 is 11.8 Å². The first kappa shape index (κ1) is 17.2. The molecule has 0 aromatic carbocycles. The van der Waals surface area contributed by atoms with Crippen molar-refractivity contribution in [3.05, 3.63) is 16.8 Å². The van der Waals surface area contributed by atoms with Gasteiger partial charge in [-0.1, -0.05) is 0 Å². The summed E-state index contributed by atoms with van der Waals surface area (Å²) in [6.07, 6.45) is -1.71. The fourth-order valence-corrected chi connectivity index (χ4v) is 3.83. The number of H-pyrrole nitrogens is 1. The highest BCUT2D eigenvalue weighted by Gasteiger charge is 2.45. The van der Waals surface area contributed by atoms with Crippen LogP contribution < -0.4 is 11.4 Å². The molecule has 3 aromatic heterocycles. The highest BCUT2D eigenvalue weighted by Crippen LogP contribution is 2.39. The number of aliphatic hydroxyl groups is 3. The average Bonchev–Trinajstić information content (AvgIpc) is 3.10. The van der Waals surface area contributed by atoms with Gasteiger partial charge in [0, 0.05) is 0 Å². The lowest BCUT2D eigenvalue weighted by molar-refractivity contribution is -0.0492. The van der Waals surface area contributed by atoms with Gasteiger partial charge in [-0.25, -0.2) is 14.8 Å². The number of aliphatic hydroxyl groups excluding tert-OH is 3. The third-order valence-corrected chi connectivity index (χ3v) is 5.10. The first-order valence-electron chi connectivity index (χ1n) is 7.68. The molecule has 1 saturated heterocycles. The maximum Gasteiger partial charge on any atom is 0.347 e. The molecule has 26 heavy (non-hydrogen) atoms. The van der Waals surface area contributed by atoms with Crippen molar-refractivity contribution in [3.8, 4) is 0 Å². The molecule has 0 aliphatic carbocycles. The molecule has 0 radical (unpaired) electrons. The molecule has 138 valence electrons. The van der Waals surface area contributed by atoms with Crippen molar-refractivity contribution < 1.29 is 20.1 Å². The van der Waals surface area contributed by atoms with Crippen molar-refractivity contribution in [2.24, 2.45) is 0 Å². The Labute approximate surface area is 149 Å². The van der Waals surface area contributed by atoms with E-state index >= 15 is 0 Å². The SMILES string of the molecule is CSc1nc(=O)[nH]c2c1c1c(N)ncnc1n2C1OC(CO)C(O)C1O. The molecule has 12 heteroatoms. The third kappa shape index (κ3) is 2.30. The van der Waals surface area contributed by atoms with E-state index in [0.717, 1.165) is 0 Å². The minimum Gasteiger partial charge on any atom is -0.394 e. The van der Waals surface area contributed by atoms with Gasteiger partial charge in [-0.2, -0.15) is 4.98 Å². The summed E-state index contributed by atoms with van der Waals surface area (Å²) in [7, 11) is 0. The molecule has 0 saturated carbocycles. The normalized spacial score (nSPS) is 26.2. The number of aromatic nitrogens is 5. The van der Waals surface area contributed by atoms with E-state index in [0.29, 0.717) is 21.4 Å². The number of hydrogen-bond donors (Lipinski definition) is 5. The average molecular weight is 380 g/mol. The second-order valence-corrected chi connectivity index (χ2v) is 6.63. The zero-order chi connectivity index (χ0) is 18.6. The van der Waals surface area contributed by atoms with Gasteiger partial charge in [0.05, 0.1) is 17.4 Å². The van der Waals surface area contributed by atoms with E-state index in [1.165, 1.54) is 22.7 Å². The standard InChI is InChI=1S/C14H16N6O5S/c1-26-12-6-5-9(15)16-3-17-10(5)20(11(6)18-14(24)19-12)13-8(23)7(22)4(2-21)25-13/h3-4,7-8,13,21-23H,2H2,1H3,(H2,15,16,17)(H,18,19,24). The van der Waals surface area contributed by atoms with Crippen LogP contribution in [0.5, 0.6) is 0 Å². The van der Waals surface area contributed by atoms with Crippen LogP contribution in [-0.2, 0) is 4.74 Å². The smallest absolute Gasteiger partial charge is 0.347 e. The maximum atomic E-state index is 12.0. The molecule has 1 aliphatic heterocycles. The van der Waals surface area contributed by atoms with Gasteiger partial charge in [0.2, 0.25) is 0 Å². The number of anilines is 1. The predicted molar refractivity (Wildman–Crippen MR) is 92.7 cm³/mol. The molecule has 0 bridgehead atoms. The zero-order valence-corrected chi connectivity index (χ0v) is 14.3. The number of ether oxygens (including phenoxy) is 1. The molecule has 4 rings (SSSR count). The monoisotopic (exact) mass is 380 g/mol. The predicted octanol–water partition coefficient (Wildman–Crippen LogP) is -1.42.